The third-order valence-corrected chi connectivity index (χ3v) is 2.01. The van der Waals surface area contributed by atoms with Gasteiger partial charge in [0.15, 0.2) is 0 Å². The average molecular weight is 228 g/mol. The second-order valence-electron chi connectivity index (χ2n) is 3.17. The Balaban J connectivity index is 0. The van der Waals surface area contributed by atoms with Crippen molar-refractivity contribution in [1.29, 1.82) is 0 Å². The molecule has 0 bridgehead atoms. The van der Waals surface area contributed by atoms with Crippen molar-refractivity contribution in [3.05, 3.63) is 11.9 Å². The first-order valence-electron chi connectivity index (χ1n) is 4.82. The van der Waals surface area contributed by atoms with Crippen LogP contribution in [0.4, 0.5) is 17.3 Å². The van der Waals surface area contributed by atoms with Gasteiger partial charge in [-0.2, -0.15) is 0 Å². The second-order valence-corrected chi connectivity index (χ2v) is 3.17. The summed E-state index contributed by atoms with van der Waals surface area (Å²) in [6.45, 7) is 9.87. The summed E-state index contributed by atoms with van der Waals surface area (Å²) in [5, 5.41) is 0. The van der Waals surface area contributed by atoms with Crippen molar-refractivity contribution in [3.63, 3.8) is 0 Å². The van der Waals surface area contributed by atoms with Crippen molar-refractivity contribution >= 4 is 7.25 Å². The topological polar surface area (TPSA) is 6.48 Å². The highest BCUT2D eigenvalue weighted by molar-refractivity contribution is 6.50. The zero-order valence-electron chi connectivity index (χ0n) is 10.2. The number of hydrogen-bond acceptors (Lipinski definition) is 2. The lowest BCUT2D eigenvalue weighted by molar-refractivity contribution is 0.272. The Hall–Kier alpha value is -0.875. The highest BCUT2D eigenvalue weighted by atomic mass is 19.5. The van der Waals surface area contributed by atoms with Crippen LogP contribution in [0, 0.1) is 0 Å². The molecule has 0 aromatic carbocycles. The summed E-state index contributed by atoms with van der Waals surface area (Å²) in [7, 11) is -6.00. The van der Waals surface area contributed by atoms with Gasteiger partial charge >= 0.3 is 8.68 Å². The smallest absolute Gasteiger partial charge is 0.418 e. The van der Waals surface area contributed by atoms with Crippen LogP contribution in [-0.2, 0) is 0 Å². The van der Waals surface area contributed by atoms with Crippen LogP contribution >= 0.6 is 0 Å². The Bertz CT molecular complexity index is 217. The van der Waals surface area contributed by atoms with E-state index in [1.165, 1.54) is 5.70 Å². The zero-order valence-corrected chi connectivity index (χ0v) is 9.18. The standard InChI is InChI=1S/C8H16N2.BF4/c1-4-9-6-8(3)10(5-2)7-9;2-1(3,4)5/h6H,4-5,7H2,1-3H3;/q;-1/p+1. The lowest BCUT2D eigenvalue weighted by atomic mass is 10.3. The maximum Gasteiger partial charge on any atom is 1.00 e. The van der Waals surface area contributed by atoms with Crippen LogP contribution in [0.1, 0.15) is 22.2 Å². The van der Waals surface area contributed by atoms with E-state index < -0.39 is 7.25 Å². The molecule has 0 saturated heterocycles. The van der Waals surface area contributed by atoms with Crippen LogP contribution in [-0.4, -0.2) is 36.8 Å². The summed E-state index contributed by atoms with van der Waals surface area (Å²) in [4.78, 5) is 4.68. The monoisotopic (exact) mass is 228 g/mol. The summed E-state index contributed by atoms with van der Waals surface area (Å²) in [6.07, 6.45) is 2.23. The van der Waals surface area contributed by atoms with E-state index in [1.54, 1.807) is 0 Å². The van der Waals surface area contributed by atoms with E-state index in [1.807, 2.05) is 0 Å². The molecule has 1 aliphatic heterocycles. The van der Waals surface area contributed by atoms with Crippen molar-refractivity contribution < 1.29 is 18.7 Å². The maximum absolute atomic E-state index is 9.75. The molecule has 0 saturated carbocycles. The van der Waals surface area contributed by atoms with E-state index in [4.69, 9.17) is 0 Å². The van der Waals surface area contributed by atoms with Gasteiger partial charge in [0.05, 0.1) is 6.67 Å². The van der Waals surface area contributed by atoms with Crippen LogP contribution in [0.15, 0.2) is 11.9 Å². The first kappa shape index (κ1) is 14.1. The number of allylic oxidation sites excluding steroid dienone is 1. The van der Waals surface area contributed by atoms with Gasteiger partial charge in [0, 0.05) is 25.0 Å². The second kappa shape index (κ2) is 5.87. The van der Waals surface area contributed by atoms with Gasteiger partial charge in [0.25, 0.3) is 0 Å². The van der Waals surface area contributed by atoms with Crippen molar-refractivity contribution in [1.82, 2.24) is 9.80 Å². The van der Waals surface area contributed by atoms with E-state index in [9.17, 15) is 17.3 Å². The number of hydrogen-bond donors (Lipinski definition) is 0. The minimum atomic E-state index is -6.00. The van der Waals surface area contributed by atoms with Gasteiger partial charge in [-0.05, 0) is 20.8 Å². The fourth-order valence-electron chi connectivity index (χ4n) is 1.26. The van der Waals surface area contributed by atoms with Gasteiger partial charge < -0.3 is 27.1 Å². The predicted molar refractivity (Wildman–Crippen MR) is 54.7 cm³/mol. The molecule has 90 valence electrons. The molecular formula is C8H17BF4N2. The van der Waals surface area contributed by atoms with Gasteiger partial charge in [-0.3, -0.25) is 0 Å². The Morgan fingerprint density at radius 3 is 1.93 bits per heavy atom. The third kappa shape index (κ3) is 7.10. The van der Waals surface area contributed by atoms with Crippen molar-refractivity contribution in [2.24, 2.45) is 0 Å². The number of nitrogens with zero attached hydrogens (tertiary/aromatic N) is 2. The Kier molecular flexibility index (Phi) is 5.53. The molecule has 15 heavy (non-hydrogen) atoms. The number of halogens is 4. The van der Waals surface area contributed by atoms with Crippen LogP contribution in [0.2, 0.25) is 0 Å². The quantitative estimate of drug-likeness (QED) is 0.529. The van der Waals surface area contributed by atoms with E-state index >= 15 is 0 Å². The molecule has 0 atom stereocenters. The minimum absolute atomic E-state index is 0. The molecule has 0 aliphatic carbocycles. The molecular weight excluding hydrogens is 211 g/mol. The molecule has 0 aromatic heterocycles. The molecule has 0 amide bonds. The summed E-state index contributed by atoms with van der Waals surface area (Å²) in [5.74, 6) is 0. The van der Waals surface area contributed by atoms with Gasteiger partial charge in [0.1, 0.15) is 0 Å². The van der Waals surface area contributed by atoms with Crippen LogP contribution in [0.3, 0.4) is 0 Å². The Labute approximate surface area is 89.1 Å². The van der Waals surface area contributed by atoms with Gasteiger partial charge in [-0.15, -0.1) is 0 Å². The molecule has 0 spiro atoms. The molecule has 1 heterocycles. The Morgan fingerprint density at radius 1 is 1.27 bits per heavy atom. The van der Waals surface area contributed by atoms with Gasteiger partial charge in [-0.1, -0.05) is 0 Å². The van der Waals surface area contributed by atoms with Crippen molar-refractivity contribution in [2.45, 2.75) is 20.8 Å². The first-order valence-corrected chi connectivity index (χ1v) is 4.82. The van der Waals surface area contributed by atoms with E-state index in [2.05, 4.69) is 36.8 Å². The van der Waals surface area contributed by atoms with Crippen LogP contribution < -0.4 is 0 Å². The molecule has 1 rings (SSSR count). The summed E-state index contributed by atoms with van der Waals surface area (Å²) in [6, 6.07) is 0. The highest BCUT2D eigenvalue weighted by Gasteiger charge is 2.20. The summed E-state index contributed by atoms with van der Waals surface area (Å²) < 4.78 is 39.0. The molecule has 1 aliphatic rings. The predicted octanol–water partition coefficient (Wildman–Crippen LogP) is 2.88. The third-order valence-electron chi connectivity index (χ3n) is 2.01. The fourth-order valence-corrected chi connectivity index (χ4v) is 1.26. The summed E-state index contributed by atoms with van der Waals surface area (Å²) in [5.41, 5.74) is 1.39. The highest BCUT2D eigenvalue weighted by Crippen LogP contribution is 2.13. The molecule has 2 nitrogen and oxygen atoms in total. The van der Waals surface area contributed by atoms with Crippen LogP contribution in [0.5, 0.6) is 0 Å². The Morgan fingerprint density at radius 2 is 1.73 bits per heavy atom. The van der Waals surface area contributed by atoms with E-state index in [0.29, 0.717) is 0 Å². The molecule has 0 N–H and O–H groups in total. The molecule has 0 radical (unpaired) electrons. The van der Waals surface area contributed by atoms with E-state index in [-0.39, 0.29) is 1.43 Å². The minimum Gasteiger partial charge on any atom is -0.418 e. The normalized spacial score (nSPS) is 16.1. The summed E-state index contributed by atoms with van der Waals surface area (Å²) >= 11 is 0. The SMILES string of the molecule is CCN1C=C(C)N(CC)C1.F[B-](F)(F)F.[H+]. The molecule has 0 fully saturated rings. The molecule has 0 aromatic rings. The zero-order chi connectivity index (χ0) is 12.1. The molecule has 0 unspecified atom stereocenters. The largest absolute Gasteiger partial charge is 1.00 e. The first-order chi connectivity index (χ1) is 6.77. The van der Waals surface area contributed by atoms with Gasteiger partial charge in [-0.25, -0.2) is 0 Å². The van der Waals surface area contributed by atoms with Gasteiger partial charge in [0.2, 0.25) is 0 Å². The number of rotatable bonds is 2. The lowest BCUT2D eigenvalue weighted by Gasteiger charge is -2.19. The average Bonchev–Trinajstić information content (AvgIpc) is 2.43. The van der Waals surface area contributed by atoms with Crippen molar-refractivity contribution in [2.75, 3.05) is 19.8 Å². The van der Waals surface area contributed by atoms with E-state index in [0.717, 1.165) is 19.8 Å². The maximum atomic E-state index is 9.75. The lowest BCUT2D eigenvalue weighted by Crippen LogP contribution is -2.25. The van der Waals surface area contributed by atoms with Crippen LogP contribution in [0.25, 0.3) is 0 Å². The molecule has 7 heteroatoms. The van der Waals surface area contributed by atoms with Crippen molar-refractivity contribution in [3.8, 4) is 0 Å². The fraction of sp³-hybridized carbons (Fsp3) is 0.750.